The maximum absolute atomic E-state index is 12.8. The molecule has 5 nitrogen and oxygen atoms in total. The zero-order valence-corrected chi connectivity index (χ0v) is 10.4. The molecule has 0 radical (unpaired) electrons. The number of alkyl halides is 2. The van der Waals surface area contributed by atoms with Crippen LogP contribution in [0.15, 0.2) is 34.9 Å². The van der Waals surface area contributed by atoms with E-state index < -0.39 is 12.2 Å². The van der Waals surface area contributed by atoms with Crippen LogP contribution in [0.1, 0.15) is 10.4 Å². The Labute approximate surface area is 116 Å². The Hall–Kier alpha value is -2.28. The number of rotatable bonds is 2. The summed E-state index contributed by atoms with van der Waals surface area (Å²) in [6.07, 6.45) is -2.43. The van der Waals surface area contributed by atoms with E-state index in [-0.39, 0.29) is 28.0 Å². The number of amides is 1. The van der Waals surface area contributed by atoms with Crippen molar-refractivity contribution in [2.75, 3.05) is 5.32 Å². The van der Waals surface area contributed by atoms with Crippen LogP contribution in [0.5, 0.6) is 11.5 Å². The van der Waals surface area contributed by atoms with Crippen molar-refractivity contribution in [1.82, 2.24) is 0 Å². The highest BCUT2D eigenvalue weighted by Gasteiger charge is 2.43. The summed E-state index contributed by atoms with van der Waals surface area (Å²) < 4.78 is 39.0. The molecule has 1 N–H and O–H groups in total. The molecule has 1 aliphatic heterocycles. The van der Waals surface area contributed by atoms with Crippen LogP contribution in [0.3, 0.4) is 0 Å². The van der Waals surface area contributed by atoms with E-state index in [1.807, 2.05) is 0 Å². The molecule has 0 fully saturated rings. The van der Waals surface area contributed by atoms with Crippen LogP contribution in [0, 0.1) is 0 Å². The molecule has 1 aliphatic rings. The topological polar surface area (TPSA) is 60.7 Å². The Kier molecular flexibility index (Phi) is 2.79. The standard InChI is InChI=1S/C12H6ClF2NO4/c13-10-7(3-4-18-10)11(17)16-6-1-2-8-9(5-6)20-12(14,15)19-8/h1-5H,(H,16,17). The van der Waals surface area contributed by atoms with Gasteiger partial charge in [0.15, 0.2) is 11.5 Å². The first-order valence-corrected chi connectivity index (χ1v) is 5.77. The molecule has 3 rings (SSSR count). The summed E-state index contributed by atoms with van der Waals surface area (Å²) in [6, 6.07) is 5.28. The summed E-state index contributed by atoms with van der Waals surface area (Å²) in [7, 11) is 0. The highest BCUT2D eigenvalue weighted by molar-refractivity contribution is 6.32. The number of hydrogen-bond donors (Lipinski definition) is 1. The van der Waals surface area contributed by atoms with Crippen molar-refractivity contribution in [3.8, 4) is 11.5 Å². The number of furan rings is 1. The molecular formula is C12H6ClF2NO4. The lowest BCUT2D eigenvalue weighted by atomic mass is 10.2. The average Bonchev–Trinajstić information content (AvgIpc) is 2.90. The minimum atomic E-state index is -3.70. The van der Waals surface area contributed by atoms with E-state index >= 15 is 0 Å². The summed E-state index contributed by atoms with van der Waals surface area (Å²) >= 11 is 5.66. The molecule has 0 atom stereocenters. The molecule has 104 valence electrons. The molecule has 0 saturated carbocycles. The minimum absolute atomic E-state index is 0.0604. The van der Waals surface area contributed by atoms with Gasteiger partial charge in [-0.05, 0) is 29.8 Å². The summed E-state index contributed by atoms with van der Waals surface area (Å²) in [5.74, 6) is -0.796. The monoisotopic (exact) mass is 301 g/mol. The lowest BCUT2D eigenvalue weighted by molar-refractivity contribution is -0.286. The lowest BCUT2D eigenvalue weighted by Gasteiger charge is -2.05. The number of benzene rings is 1. The molecule has 0 spiro atoms. The smallest absolute Gasteiger partial charge is 0.452 e. The van der Waals surface area contributed by atoms with Crippen LogP contribution < -0.4 is 14.8 Å². The van der Waals surface area contributed by atoms with Crippen molar-refractivity contribution in [3.63, 3.8) is 0 Å². The van der Waals surface area contributed by atoms with Gasteiger partial charge in [-0.1, -0.05) is 0 Å². The molecular weight excluding hydrogens is 296 g/mol. The predicted molar refractivity (Wildman–Crippen MR) is 64.3 cm³/mol. The Morgan fingerprint density at radius 2 is 1.95 bits per heavy atom. The molecule has 1 aromatic heterocycles. The van der Waals surface area contributed by atoms with Gasteiger partial charge in [0.25, 0.3) is 5.91 Å². The number of halogens is 3. The fourth-order valence-corrected chi connectivity index (χ4v) is 1.88. The number of nitrogens with one attached hydrogen (secondary N) is 1. The molecule has 0 saturated heterocycles. The van der Waals surface area contributed by atoms with Crippen LogP contribution in [0.25, 0.3) is 0 Å². The molecule has 2 aromatic rings. The molecule has 0 unspecified atom stereocenters. The van der Waals surface area contributed by atoms with Crippen molar-refractivity contribution < 1.29 is 27.5 Å². The van der Waals surface area contributed by atoms with Crippen LogP contribution >= 0.6 is 11.6 Å². The molecule has 1 aromatic carbocycles. The number of carbonyl (C=O) groups is 1. The zero-order valence-electron chi connectivity index (χ0n) is 9.65. The SMILES string of the molecule is O=C(Nc1ccc2c(c1)OC(F)(F)O2)c1ccoc1Cl. The highest BCUT2D eigenvalue weighted by atomic mass is 35.5. The average molecular weight is 302 g/mol. The summed E-state index contributed by atoms with van der Waals surface area (Å²) in [4.78, 5) is 11.8. The van der Waals surface area contributed by atoms with E-state index in [1.54, 1.807) is 0 Å². The Morgan fingerprint density at radius 1 is 1.20 bits per heavy atom. The van der Waals surface area contributed by atoms with Gasteiger partial charge in [0, 0.05) is 11.8 Å². The third-order valence-electron chi connectivity index (χ3n) is 2.52. The zero-order chi connectivity index (χ0) is 14.3. The van der Waals surface area contributed by atoms with Crippen LogP contribution in [0.2, 0.25) is 5.22 Å². The van der Waals surface area contributed by atoms with Crippen molar-refractivity contribution in [2.24, 2.45) is 0 Å². The van der Waals surface area contributed by atoms with Gasteiger partial charge < -0.3 is 19.2 Å². The lowest BCUT2D eigenvalue weighted by Crippen LogP contribution is -2.25. The molecule has 2 heterocycles. The molecule has 20 heavy (non-hydrogen) atoms. The first kappa shape index (κ1) is 12.7. The second kappa shape index (κ2) is 4.38. The third-order valence-corrected chi connectivity index (χ3v) is 2.81. The van der Waals surface area contributed by atoms with Gasteiger partial charge in [0.2, 0.25) is 5.22 Å². The van der Waals surface area contributed by atoms with E-state index in [2.05, 4.69) is 14.8 Å². The van der Waals surface area contributed by atoms with Gasteiger partial charge in [0.1, 0.15) is 0 Å². The molecule has 0 bridgehead atoms. The van der Waals surface area contributed by atoms with Gasteiger partial charge in [-0.25, -0.2) is 0 Å². The van der Waals surface area contributed by atoms with E-state index in [4.69, 9.17) is 16.0 Å². The first-order valence-electron chi connectivity index (χ1n) is 5.39. The van der Waals surface area contributed by atoms with Crippen LogP contribution in [-0.2, 0) is 0 Å². The molecule has 1 amide bonds. The van der Waals surface area contributed by atoms with E-state index in [9.17, 15) is 13.6 Å². The number of anilines is 1. The van der Waals surface area contributed by atoms with Gasteiger partial charge in [-0.2, -0.15) is 0 Å². The van der Waals surface area contributed by atoms with Crippen molar-refractivity contribution in [1.29, 1.82) is 0 Å². The number of carbonyl (C=O) groups excluding carboxylic acids is 1. The van der Waals surface area contributed by atoms with Gasteiger partial charge in [-0.15, -0.1) is 8.78 Å². The maximum Gasteiger partial charge on any atom is 0.586 e. The second-order valence-electron chi connectivity index (χ2n) is 3.89. The number of ether oxygens (including phenoxy) is 2. The first-order chi connectivity index (χ1) is 9.44. The van der Waals surface area contributed by atoms with Crippen LogP contribution in [0.4, 0.5) is 14.5 Å². The largest absolute Gasteiger partial charge is 0.586 e. The Balaban J connectivity index is 1.80. The van der Waals surface area contributed by atoms with E-state index in [1.165, 1.54) is 30.5 Å². The van der Waals surface area contributed by atoms with E-state index in [0.717, 1.165) is 0 Å². The van der Waals surface area contributed by atoms with E-state index in [0.29, 0.717) is 0 Å². The molecule has 8 heteroatoms. The van der Waals surface area contributed by atoms with Crippen molar-refractivity contribution >= 4 is 23.2 Å². The maximum atomic E-state index is 12.8. The van der Waals surface area contributed by atoms with Crippen molar-refractivity contribution in [3.05, 3.63) is 41.3 Å². The third kappa shape index (κ3) is 2.27. The minimum Gasteiger partial charge on any atom is -0.452 e. The summed E-state index contributed by atoms with van der Waals surface area (Å²) in [6.45, 7) is 0. The fraction of sp³-hybridized carbons (Fsp3) is 0.0833. The van der Waals surface area contributed by atoms with Gasteiger partial charge in [-0.3, -0.25) is 4.79 Å². The summed E-state index contributed by atoms with van der Waals surface area (Å²) in [5.41, 5.74) is 0.391. The Morgan fingerprint density at radius 3 is 2.65 bits per heavy atom. The molecule has 0 aliphatic carbocycles. The quantitative estimate of drug-likeness (QED) is 0.922. The van der Waals surface area contributed by atoms with Gasteiger partial charge >= 0.3 is 6.29 Å². The summed E-state index contributed by atoms with van der Waals surface area (Å²) in [5, 5.41) is 2.42. The number of fused-ring (bicyclic) bond motifs is 1. The van der Waals surface area contributed by atoms with Crippen molar-refractivity contribution in [2.45, 2.75) is 6.29 Å². The Bertz CT molecular complexity index is 686. The van der Waals surface area contributed by atoms with Gasteiger partial charge in [0.05, 0.1) is 11.8 Å². The normalized spacial score (nSPS) is 15.2. The highest BCUT2D eigenvalue weighted by Crippen LogP contribution is 2.42. The van der Waals surface area contributed by atoms with Crippen LogP contribution in [-0.4, -0.2) is 12.2 Å². The fourth-order valence-electron chi connectivity index (χ4n) is 1.68. The second-order valence-corrected chi connectivity index (χ2v) is 4.23. The predicted octanol–water partition coefficient (Wildman–Crippen LogP) is 3.51. The number of hydrogen-bond acceptors (Lipinski definition) is 4.